The summed E-state index contributed by atoms with van der Waals surface area (Å²) in [6.45, 7) is 3.18. The Morgan fingerprint density at radius 2 is 1.54 bits per heavy atom. The van der Waals surface area contributed by atoms with E-state index < -0.39 is 15.6 Å². The first-order chi connectivity index (χ1) is 17.9. The van der Waals surface area contributed by atoms with Gasteiger partial charge >= 0.3 is 6.09 Å². The van der Waals surface area contributed by atoms with Crippen LogP contribution in [0, 0.1) is 5.92 Å². The Hall–Kier alpha value is -1.35. The van der Waals surface area contributed by atoms with Crippen molar-refractivity contribution >= 4 is 27.7 Å². The Balaban J connectivity index is 1.17. The molecule has 0 unspecified atom stereocenters. The number of piperazine rings is 1. The lowest BCUT2D eigenvalue weighted by atomic mass is 9.91. The SMILES string of the molecule is O=C(OC1([C@H]2CCC[C@@H](C3CC3)N2S(=O)(=O)c2ccc(Cl)cc2)CC1)N1CCN(C2CCCCC2)CC1. The molecule has 2 heterocycles. The molecule has 0 aromatic heterocycles. The fourth-order valence-corrected chi connectivity index (χ4v) is 9.20. The smallest absolute Gasteiger partial charge is 0.410 e. The summed E-state index contributed by atoms with van der Waals surface area (Å²) in [6, 6.07) is 6.82. The zero-order chi connectivity index (χ0) is 25.6. The second-order valence-corrected chi connectivity index (χ2v) is 14.2. The van der Waals surface area contributed by atoms with Crippen LogP contribution < -0.4 is 0 Å². The number of carbonyl (C=O) groups is 1. The largest absolute Gasteiger partial charge is 0.441 e. The minimum absolute atomic E-state index is 0.0188. The van der Waals surface area contributed by atoms with E-state index in [4.69, 9.17) is 16.3 Å². The predicted molar refractivity (Wildman–Crippen MR) is 143 cm³/mol. The molecule has 2 saturated heterocycles. The van der Waals surface area contributed by atoms with Gasteiger partial charge in [-0.05, 0) is 81.5 Å². The van der Waals surface area contributed by atoms with E-state index in [1.54, 1.807) is 28.6 Å². The van der Waals surface area contributed by atoms with Gasteiger partial charge in [0, 0.05) is 43.3 Å². The number of nitrogens with zero attached hydrogens (tertiary/aromatic N) is 3. The van der Waals surface area contributed by atoms with E-state index in [1.807, 2.05) is 4.90 Å². The van der Waals surface area contributed by atoms with Crippen molar-refractivity contribution in [3.63, 3.8) is 0 Å². The van der Waals surface area contributed by atoms with E-state index in [2.05, 4.69) is 4.90 Å². The van der Waals surface area contributed by atoms with Crippen molar-refractivity contribution < 1.29 is 17.9 Å². The molecule has 2 aliphatic heterocycles. The number of amides is 1. The van der Waals surface area contributed by atoms with Crippen LogP contribution in [0.15, 0.2) is 29.2 Å². The summed E-state index contributed by atoms with van der Waals surface area (Å²) in [5.74, 6) is 0.407. The second kappa shape index (κ2) is 10.3. The third-order valence-electron chi connectivity index (χ3n) is 9.47. The molecule has 1 amide bonds. The first kappa shape index (κ1) is 25.9. The number of carbonyl (C=O) groups excluding carboxylic acids is 1. The van der Waals surface area contributed by atoms with Crippen LogP contribution in [0.5, 0.6) is 0 Å². The van der Waals surface area contributed by atoms with Crippen LogP contribution in [-0.4, -0.2) is 78.5 Å². The van der Waals surface area contributed by atoms with E-state index in [0.717, 1.165) is 58.0 Å². The number of piperidine rings is 1. The van der Waals surface area contributed by atoms with E-state index in [9.17, 15) is 13.2 Å². The monoisotopic (exact) mass is 549 g/mol. The molecule has 5 fully saturated rings. The van der Waals surface area contributed by atoms with E-state index in [0.29, 0.717) is 30.1 Å². The lowest BCUT2D eigenvalue weighted by Crippen LogP contribution is -2.58. The standard InChI is InChI=1S/C28H40ClN3O4S/c29-22-11-13-24(14-12-22)37(34,35)32-25(21-9-10-21)7-4-8-26(32)28(15-16-28)36-27(33)31-19-17-30(18-20-31)23-5-2-1-3-6-23/h11-14,21,23,25-26H,1-10,15-20H2/t25-,26+/m0/s1. The van der Waals surface area contributed by atoms with Gasteiger partial charge in [0.15, 0.2) is 0 Å². The quantitative estimate of drug-likeness (QED) is 0.483. The van der Waals surface area contributed by atoms with Crippen LogP contribution in [0.4, 0.5) is 4.79 Å². The van der Waals surface area contributed by atoms with Gasteiger partial charge in [0.05, 0.1) is 10.9 Å². The Labute approximate surface area is 226 Å². The number of hydrogen-bond donors (Lipinski definition) is 0. The summed E-state index contributed by atoms with van der Waals surface area (Å²) in [7, 11) is -3.74. The zero-order valence-corrected chi connectivity index (χ0v) is 23.3. The van der Waals surface area contributed by atoms with Gasteiger partial charge < -0.3 is 9.64 Å². The van der Waals surface area contributed by atoms with Crippen molar-refractivity contribution in [2.24, 2.45) is 5.92 Å². The first-order valence-electron chi connectivity index (χ1n) is 14.4. The maximum Gasteiger partial charge on any atom is 0.410 e. The van der Waals surface area contributed by atoms with Crippen LogP contribution in [0.3, 0.4) is 0 Å². The molecule has 0 N–H and O–H groups in total. The molecular weight excluding hydrogens is 510 g/mol. The molecule has 9 heteroatoms. The summed E-state index contributed by atoms with van der Waals surface area (Å²) < 4.78 is 36.1. The van der Waals surface area contributed by atoms with E-state index >= 15 is 0 Å². The summed E-state index contributed by atoms with van der Waals surface area (Å²) in [5, 5.41) is 0.518. The maximum atomic E-state index is 14.0. The molecule has 1 aromatic carbocycles. The van der Waals surface area contributed by atoms with Crippen molar-refractivity contribution in [1.82, 2.24) is 14.1 Å². The van der Waals surface area contributed by atoms with E-state index in [-0.39, 0.29) is 23.1 Å². The van der Waals surface area contributed by atoms with Gasteiger partial charge in [-0.2, -0.15) is 4.31 Å². The molecule has 0 bridgehead atoms. The van der Waals surface area contributed by atoms with Crippen LogP contribution in [0.2, 0.25) is 5.02 Å². The highest BCUT2D eigenvalue weighted by atomic mass is 35.5. The van der Waals surface area contributed by atoms with Crippen LogP contribution in [-0.2, 0) is 14.8 Å². The number of ether oxygens (including phenoxy) is 1. The van der Waals surface area contributed by atoms with Crippen molar-refractivity contribution in [2.45, 2.75) is 106 Å². The molecule has 204 valence electrons. The van der Waals surface area contributed by atoms with Gasteiger partial charge in [0.25, 0.3) is 0 Å². The molecule has 1 aromatic rings. The third kappa shape index (κ3) is 5.28. The highest BCUT2D eigenvalue weighted by molar-refractivity contribution is 7.89. The molecule has 0 radical (unpaired) electrons. The van der Waals surface area contributed by atoms with E-state index in [1.165, 1.54) is 32.1 Å². The molecule has 5 aliphatic rings. The van der Waals surface area contributed by atoms with Crippen LogP contribution >= 0.6 is 11.6 Å². The zero-order valence-electron chi connectivity index (χ0n) is 21.7. The molecule has 3 saturated carbocycles. The fraction of sp³-hybridized carbons (Fsp3) is 0.750. The summed E-state index contributed by atoms with van der Waals surface area (Å²) in [4.78, 5) is 18.0. The van der Waals surface area contributed by atoms with Gasteiger partial charge in [-0.3, -0.25) is 4.90 Å². The fourth-order valence-electron chi connectivity index (χ4n) is 7.08. The Morgan fingerprint density at radius 3 is 2.16 bits per heavy atom. The number of rotatable bonds is 6. The van der Waals surface area contributed by atoms with Crippen molar-refractivity contribution in [2.75, 3.05) is 26.2 Å². The Morgan fingerprint density at radius 1 is 0.865 bits per heavy atom. The van der Waals surface area contributed by atoms with Crippen molar-refractivity contribution in [1.29, 1.82) is 0 Å². The lowest BCUT2D eigenvalue weighted by Gasteiger charge is -2.45. The summed E-state index contributed by atoms with van der Waals surface area (Å²) in [5.41, 5.74) is -0.704. The molecule has 7 nitrogen and oxygen atoms in total. The molecule has 6 rings (SSSR count). The van der Waals surface area contributed by atoms with Crippen molar-refractivity contribution in [3.8, 4) is 0 Å². The molecule has 0 spiro atoms. The van der Waals surface area contributed by atoms with Crippen LogP contribution in [0.1, 0.15) is 77.0 Å². The number of benzene rings is 1. The van der Waals surface area contributed by atoms with Gasteiger partial charge in [0.2, 0.25) is 10.0 Å². The van der Waals surface area contributed by atoms with Crippen molar-refractivity contribution in [3.05, 3.63) is 29.3 Å². The molecule has 2 atom stereocenters. The molecular formula is C28H40ClN3O4S. The molecule has 37 heavy (non-hydrogen) atoms. The number of halogens is 1. The first-order valence-corrected chi connectivity index (χ1v) is 16.2. The Bertz CT molecular complexity index is 1080. The summed E-state index contributed by atoms with van der Waals surface area (Å²) >= 11 is 6.06. The van der Waals surface area contributed by atoms with Gasteiger partial charge in [-0.25, -0.2) is 13.2 Å². The van der Waals surface area contributed by atoms with Gasteiger partial charge in [0.1, 0.15) is 5.60 Å². The number of sulfonamides is 1. The Kier molecular flexibility index (Phi) is 7.23. The maximum absolute atomic E-state index is 14.0. The van der Waals surface area contributed by atoms with Gasteiger partial charge in [-0.1, -0.05) is 37.3 Å². The third-order valence-corrected chi connectivity index (χ3v) is 11.7. The summed E-state index contributed by atoms with van der Waals surface area (Å²) in [6.07, 6.45) is 12.4. The second-order valence-electron chi connectivity index (χ2n) is 11.9. The lowest BCUT2D eigenvalue weighted by molar-refractivity contribution is -0.0187. The number of hydrogen-bond acceptors (Lipinski definition) is 5. The average molecular weight is 550 g/mol. The highest BCUT2D eigenvalue weighted by Crippen LogP contribution is 2.53. The average Bonchev–Trinajstić information content (AvgIpc) is 3.85. The minimum atomic E-state index is -3.74. The van der Waals surface area contributed by atoms with Crippen LogP contribution in [0.25, 0.3) is 0 Å². The predicted octanol–water partition coefficient (Wildman–Crippen LogP) is 5.28. The highest BCUT2D eigenvalue weighted by Gasteiger charge is 2.61. The normalized spacial score (nSPS) is 29.7. The topological polar surface area (TPSA) is 70.2 Å². The molecule has 3 aliphatic carbocycles. The minimum Gasteiger partial charge on any atom is -0.441 e. The van der Waals surface area contributed by atoms with Gasteiger partial charge in [-0.15, -0.1) is 0 Å².